The average molecular weight is 553 g/mol. The average Bonchev–Trinajstić information content (AvgIpc) is 2.94. The zero-order chi connectivity index (χ0) is 28.4. The van der Waals surface area contributed by atoms with Gasteiger partial charge in [-0.2, -0.15) is 0 Å². The Hall–Kier alpha value is -2.97. The fraction of sp³-hybridized carbons (Fsp3) is 0.519. The number of phenols is 1. The van der Waals surface area contributed by atoms with Gasteiger partial charge in [0.1, 0.15) is 42.9 Å². The largest absolute Gasteiger partial charge is 0.508 e. The van der Waals surface area contributed by atoms with Gasteiger partial charge in [0.15, 0.2) is 17.8 Å². The van der Waals surface area contributed by atoms with E-state index in [-0.39, 0.29) is 25.4 Å². The van der Waals surface area contributed by atoms with Gasteiger partial charge < -0.3 is 54.3 Å². The molecule has 39 heavy (non-hydrogen) atoms. The van der Waals surface area contributed by atoms with Gasteiger partial charge in [-0.1, -0.05) is 18.2 Å². The van der Waals surface area contributed by atoms with E-state index in [1.54, 1.807) is 24.3 Å². The van der Waals surface area contributed by atoms with Crippen molar-refractivity contribution in [1.82, 2.24) is 0 Å². The molecule has 1 heterocycles. The lowest BCUT2D eigenvalue weighted by molar-refractivity contribution is -0.305. The lowest BCUT2D eigenvalue weighted by Crippen LogP contribution is -2.59. The Kier molecular flexibility index (Phi) is 11.7. The van der Waals surface area contributed by atoms with Gasteiger partial charge in [0.2, 0.25) is 0 Å². The molecule has 1 aliphatic heterocycles. The molecular formula is C27H36O12. The number of hydrogen-bond acceptors (Lipinski definition) is 12. The van der Waals surface area contributed by atoms with E-state index in [1.807, 2.05) is 6.07 Å². The smallest absolute Gasteiger partial charge is 0.310 e. The third kappa shape index (κ3) is 8.77. The summed E-state index contributed by atoms with van der Waals surface area (Å²) in [4.78, 5) is 12.2. The van der Waals surface area contributed by atoms with Crippen molar-refractivity contribution in [2.24, 2.45) is 0 Å². The maximum absolute atomic E-state index is 12.2. The molecule has 1 saturated heterocycles. The van der Waals surface area contributed by atoms with Crippen LogP contribution in [0.4, 0.5) is 0 Å². The second-order valence-electron chi connectivity index (χ2n) is 9.11. The number of aryl methyl sites for hydroxylation is 1. The van der Waals surface area contributed by atoms with Crippen LogP contribution in [0.2, 0.25) is 0 Å². The molecule has 0 amide bonds. The number of phenolic OH excluding ortho intramolecular Hbond substituents is 1. The highest BCUT2D eigenvalue weighted by molar-refractivity contribution is 5.72. The van der Waals surface area contributed by atoms with Gasteiger partial charge in [-0.15, -0.1) is 0 Å². The molecule has 0 saturated carbocycles. The van der Waals surface area contributed by atoms with Crippen molar-refractivity contribution in [3.63, 3.8) is 0 Å². The lowest BCUT2D eigenvalue weighted by Gasteiger charge is -2.40. The maximum atomic E-state index is 12.2. The SMILES string of the molecule is COc1cc(CCCO)ccc1OC(CO)COC1OC(COC(=O)Cc2ccc(O)cc2)C(O)C(O)C1O. The van der Waals surface area contributed by atoms with Crippen LogP contribution in [0.5, 0.6) is 17.2 Å². The Balaban J connectivity index is 1.55. The Bertz CT molecular complexity index is 1030. The van der Waals surface area contributed by atoms with Crippen molar-refractivity contribution in [3.8, 4) is 17.2 Å². The number of ether oxygens (including phenoxy) is 5. The van der Waals surface area contributed by atoms with Crippen LogP contribution in [-0.2, 0) is 31.8 Å². The number of hydrogen-bond donors (Lipinski definition) is 6. The first-order chi connectivity index (χ1) is 18.7. The van der Waals surface area contributed by atoms with Crippen molar-refractivity contribution >= 4 is 5.97 Å². The maximum Gasteiger partial charge on any atom is 0.310 e. The molecule has 12 nitrogen and oxygen atoms in total. The molecule has 0 aromatic heterocycles. The fourth-order valence-electron chi connectivity index (χ4n) is 3.95. The van der Waals surface area contributed by atoms with Gasteiger partial charge in [-0.3, -0.25) is 4.79 Å². The Morgan fingerprint density at radius 3 is 2.36 bits per heavy atom. The standard InChI is InChI=1S/C27H36O12/c1-35-21-11-16(3-2-10-28)6-9-20(21)38-19(13-29)14-37-27-26(34)25(33)24(32)22(39-27)15-36-23(31)12-17-4-7-18(30)8-5-17/h4-9,11,19,22,24-30,32-34H,2-3,10,12-15H2,1H3. The summed E-state index contributed by atoms with van der Waals surface area (Å²) in [5, 5.41) is 59.1. The number of benzene rings is 2. The molecule has 3 rings (SSSR count). The number of carbonyl (C=O) groups excluding carboxylic acids is 1. The lowest BCUT2D eigenvalue weighted by atomic mass is 9.99. The number of aliphatic hydroxyl groups excluding tert-OH is 5. The van der Waals surface area contributed by atoms with Crippen molar-refractivity contribution in [1.29, 1.82) is 0 Å². The molecule has 12 heteroatoms. The van der Waals surface area contributed by atoms with Crippen molar-refractivity contribution < 1.29 is 59.1 Å². The molecule has 1 fully saturated rings. The van der Waals surface area contributed by atoms with E-state index in [0.717, 1.165) is 5.56 Å². The summed E-state index contributed by atoms with van der Waals surface area (Å²) in [5.41, 5.74) is 1.54. The molecule has 6 unspecified atom stereocenters. The van der Waals surface area contributed by atoms with Crippen LogP contribution in [0.1, 0.15) is 17.5 Å². The molecule has 1 aliphatic rings. The molecule has 6 atom stereocenters. The fourth-order valence-corrected chi connectivity index (χ4v) is 3.95. The summed E-state index contributed by atoms with van der Waals surface area (Å²) in [6, 6.07) is 11.2. The van der Waals surface area contributed by atoms with E-state index in [9.17, 15) is 30.3 Å². The minimum atomic E-state index is -1.65. The second-order valence-corrected chi connectivity index (χ2v) is 9.11. The van der Waals surface area contributed by atoms with E-state index in [0.29, 0.717) is 29.9 Å². The van der Waals surface area contributed by atoms with E-state index in [1.165, 1.54) is 19.2 Å². The van der Waals surface area contributed by atoms with Crippen molar-refractivity contribution in [2.45, 2.75) is 56.1 Å². The highest BCUT2D eigenvalue weighted by Gasteiger charge is 2.45. The first-order valence-electron chi connectivity index (χ1n) is 12.6. The molecule has 0 spiro atoms. The number of carbonyl (C=O) groups is 1. The molecule has 0 aliphatic carbocycles. The molecule has 6 N–H and O–H groups in total. The molecule has 2 aromatic rings. The summed E-state index contributed by atoms with van der Waals surface area (Å²) >= 11 is 0. The van der Waals surface area contributed by atoms with Gasteiger partial charge in [0, 0.05) is 6.61 Å². The minimum absolute atomic E-state index is 0.0598. The zero-order valence-electron chi connectivity index (χ0n) is 21.6. The van der Waals surface area contributed by atoms with Gasteiger partial charge in [0.05, 0.1) is 26.7 Å². The predicted octanol–water partition coefficient (Wildman–Crippen LogP) is -0.325. The quantitative estimate of drug-likeness (QED) is 0.168. The van der Waals surface area contributed by atoms with Gasteiger partial charge in [0.25, 0.3) is 0 Å². The summed E-state index contributed by atoms with van der Waals surface area (Å²) < 4.78 is 27.5. The van der Waals surface area contributed by atoms with Crippen LogP contribution in [0.25, 0.3) is 0 Å². The van der Waals surface area contributed by atoms with Gasteiger partial charge >= 0.3 is 5.97 Å². The first kappa shape index (κ1) is 30.6. The Morgan fingerprint density at radius 1 is 0.974 bits per heavy atom. The summed E-state index contributed by atoms with van der Waals surface area (Å²) in [7, 11) is 1.47. The molecule has 0 bridgehead atoms. The van der Waals surface area contributed by atoms with Crippen LogP contribution in [0.3, 0.4) is 0 Å². The van der Waals surface area contributed by atoms with Crippen molar-refractivity contribution in [3.05, 3.63) is 53.6 Å². The predicted molar refractivity (Wildman–Crippen MR) is 135 cm³/mol. The summed E-state index contributed by atoms with van der Waals surface area (Å²) in [6.07, 6.45) is -7.18. The second kappa shape index (κ2) is 15.0. The van der Waals surface area contributed by atoms with Crippen LogP contribution in [0, 0.1) is 0 Å². The van der Waals surface area contributed by atoms with Crippen LogP contribution < -0.4 is 9.47 Å². The summed E-state index contributed by atoms with van der Waals surface area (Å²) in [6.45, 7) is -1.07. The summed E-state index contributed by atoms with van der Waals surface area (Å²) in [5.74, 6) is 0.196. The zero-order valence-corrected chi connectivity index (χ0v) is 21.6. The van der Waals surface area contributed by atoms with Crippen LogP contribution in [-0.4, -0.2) is 107 Å². The van der Waals surface area contributed by atoms with E-state index >= 15 is 0 Å². The normalized spacial score (nSPS) is 23.7. The van der Waals surface area contributed by atoms with E-state index < -0.39 is 56.0 Å². The number of aliphatic hydroxyl groups is 5. The molecule has 2 aromatic carbocycles. The molecular weight excluding hydrogens is 516 g/mol. The highest BCUT2D eigenvalue weighted by atomic mass is 16.7. The topological polar surface area (TPSA) is 185 Å². The highest BCUT2D eigenvalue weighted by Crippen LogP contribution is 2.30. The molecule has 216 valence electrons. The van der Waals surface area contributed by atoms with Crippen molar-refractivity contribution in [2.75, 3.05) is 33.5 Å². The third-order valence-electron chi connectivity index (χ3n) is 6.16. The van der Waals surface area contributed by atoms with Gasteiger partial charge in [-0.25, -0.2) is 0 Å². The molecule has 0 radical (unpaired) electrons. The first-order valence-corrected chi connectivity index (χ1v) is 12.6. The van der Waals surface area contributed by atoms with Crippen LogP contribution in [0.15, 0.2) is 42.5 Å². The Labute approximate surface area is 225 Å². The number of aromatic hydroxyl groups is 1. The third-order valence-corrected chi connectivity index (χ3v) is 6.16. The monoisotopic (exact) mass is 552 g/mol. The van der Waals surface area contributed by atoms with E-state index in [4.69, 9.17) is 28.8 Å². The number of methoxy groups -OCH3 is 1. The Morgan fingerprint density at radius 2 is 1.69 bits per heavy atom. The minimum Gasteiger partial charge on any atom is -0.508 e. The van der Waals surface area contributed by atoms with Gasteiger partial charge in [-0.05, 0) is 48.2 Å². The number of rotatable bonds is 14. The number of esters is 1. The van der Waals surface area contributed by atoms with Crippen LogP contribution >= 0.6 is 0 Å². The van der Waals surface area contributed by atoms with E-state index in [2.05, 4.69) is 0 Å².